The van der Waals surface area contributed by atoms with Crippen LogP contribution in [0.15, 0.2) is 112 Å². The van der Waals surface area contributed by atoms with Crippen molar-refractivity contribution in [2.45, 2.75) is 30.9 Å². The first-order chi connectivity index (χ1) is 27.2. The fourth-order valence-corrected chi connectivity index (χ4v) is 6.34. The number of aromatic nitrogens is 4. The first-order valence-corrected chi connectivity index (χ1v) is 20.2. The average Bonchev–Trinajstić information content (AvgIpc) is 3.70. The predicted octanol–water partition coefficient (Wildman–Crippen LogP) is 5.59. The molecule has 4 aromatic carbocycles. The molecule has 0 spiro atoms. The number of para-hydroxylation sites is 2. The molecule has 0 saturated heterocycles. The van der Waals surface area contributed by atoms with Crippen molar-refractivity contribution in [1.82, 2.24) is 19.6 Å². The smallest absolute Gasteiger partial charge is 0.359 e. The zero-order valence-corrected chi connectivity index (χ0v) is 33.8. The molecular weight excluding hydrogens is 836 g/mol. The van der Waals surface area contributed by atoms with E-state index in [4.69, 9.17) is 4.74 Å². The normalized spacial score (nSPS) is 11.9. The van der Waals surface area contributed by atoms with Crippen molar-refractivity contribution in [2.75, 3.05) is 12.9 Å². The molecule has 1 atom stereocenters. The Labute approximate surface area is 346 Å². The number of nitrogens with zero attached hydrogens (tertiary/aromatic N) is 6. The minimum absolute atomic E-state index is 0. The number of phenols is 2. The van der Waals surface area contributed by atoms with Crippen molar-refractivity contribution in [3.8, 4) is 34.6 Å². The maximum absolute atomic E-state index is 12.3. The van der Waals surface area contributed by atoms with Crippen molar-refractivity contribution < 1.29 is 63.9 Å². The number of rotatable bonds is 12. The molecule has 0 bridgehead atoms. The molecule has 1 unspecified atom stereocenters. The second-order valence-corrected chi connectivity index (χ2v) is 15.0. The van der Waals surface area contributed by atoms with Gasteiger partial charge in [-0.15, -0.1) is 0 Å². The van der Waals surface area contributed by atoms with Crippen LogP contribution in [0.3, 0.4) is 0 Å². The zero-order valence-electron chi connectivity index (χ0n) is 31.1. The van der Waals surface area contributed by atoms with Gasteiger partial charge in [-0.1, -0.05) is 60.5 Å². The van der Waals surface area contributed by atoms with Crippen LogP contribution < -0.4 is 0 Å². The van der Waals surface area contributed by atoms with E-state index in [9.17, 15) is 42.4 Å². The van der Waals surface area contributed by atoms with Crippen LogP contribution in [0.4, 0.5) is 11.4 Å². The number of hydrogen-bond acceptors (Lipinski definition) is 14. The topological polar surface area (TPSA) is 242 Å². The molecule has 0 saturated carbocycles. The van der Waals surface area contributed by atoms with Gasteiger partial charge in [0.1, 0.15) is 22.9 Å². The summed E-state index contributed by atoms with van der Waals surface area (Å²) in [5.74, 6) is -1.71. The van der Waals surface area contributed by atoms with Gasteiger partial charge in [0.25, 0.3) is 0 Å². The molecule has 305 valence electrons. The van der Waals surface area contributed by atoms with Crippen LogP contribution in [-0.4, -0.2) is 88.4 Å². The molecule has 1 radical (unpaired) electrons. The second-order valence-electron chi connectivity index (χ2n) is 12.0. The summed E-state index contributed by atoms with van der Waals surface area (Å²) in [6.07, 6.45) is 4.15. The van der Waals surface area contributed by atoms with Gasteiger partial charge in [0, 0.05) is 41.2 Å². The minimum atomic E-state index is -3.52. The van der Waals surface area contributed by atoms with Crippen molar-refractivity contribution in [3.05, 3.63) is 125 Å². The number of ether oxygens (including phenoxy) is 1. The second kappa shape index (κ2) is 19.8. The summed E-state index contributed by atoms with van der Waals surface area (Å²) in [5.41, 5.74) is 2.76. The van der Waals surface area contributed by atoms with E-state index in [2.05, 4.69) is 20.2 Å². The van der Waals surface area contributed by atoms with E-state index in [1.807, 2.05) is 37.3 Å². The Morgan fingerprint density at radius 1 is 0.793 bits per heavy atom. The van der Waals surface area contributed by atoms with Crippen LogP contribution in [-0.2, 0) is 54.6 Å². The number of sulfone groups is 1. The van der Waals surface area contributed by atoms with Crippen LogP contribution in [0.1, 0.15) is 46.7 Å². The largest absolute Gasteiger partial charge is 0.772 e. The summed E-state index contributed by atoms with van der Waals surface area (Å²) in [5, 5.41) is 49.8. The van der Waals surface area contributed by atoms with Crippen LogP contribution in [0.5, 0.6) is 23.3 Å². The summed E-state index contributed by atoms with van der Waals surface area (Å²) >= 11 is -2.23. The molecule has 16 nitrogen and oxygen atoms in total. The SMILES string of the molecule is CCOC(=O)c1nn(-c2ccccc2)c(O)c1C=Nc1cc(S(C)(=O)=O)ccc1O.CCc1nn(-c2ccccc2)c(O)c1C=Nc1cc(CS(=O)[O-])ccc1O.[Co]. The predicted molar refractivity (Wildman–Crippen MR) is 212 cm³/mol. The zero-order chi connectivity index (χ0) is 41.3. The number of phenolic OH excluding ortho intramolecular Hbond substituents is 2. The molecule has 58 heavy (non-hydrogen) atoms. The van der Waals surface area contributed by atoms with Crippen molar-refractivity contribution in [1.29, 1.82) is 0 Å². The molecule has 2 aromatic heterocycles. The Balaban J connectivity index is 0.000000254. The third-order valence-electron chi connectivity index (χ3n) is 8.04. The molecule has 0 aliphatic rings. The van der Waals surface area contributed by atoms with Gasteiger partial charge in [-0.05, 0) is 73.5 Å². The van der Waals surface area contributed by atoms with E-state index in [1.165, 1.54) is 47.3 Å². The fraction of sp³-hybridized carbons (Fsp3) is 0.154. The third kappa shape index (κ3) is 10.8. The van der Waals surface area contributed by atoms with Crippen LogP contribution >= 0.6 is 0 Å². The Morgan fingerprint density at radius 3 is 1.84 bits per heavy atom. The summed E-state index contributed by atoms with van der Waals surface area (Å²) in [4.78, 5) is 20.6. The Kier molecular flexibility index (Phi) is 15.3. The van der Waals surface area contributed by atoms with Gasteiger partial charge in [0.15, 0.2) is 15.5 Å². The maximum atomic E-state index is 12.3. The van der Waals surface area contributed by atoms with E-state index in [0.717, 1.165) is 17.2 Å². The Bertz CT molecular complexity index is 2580. The number of aromatic hydroxyl groups is 4. The van der Waals surface area contributed by atoms with Crippen LogP contribution in [0.25, 0.3) is 11.4 Å². The van der Waals surface area contributed by atoms with Gasteiger partial charge in [-0.25, -0.2) is 17.9 Å². The molecule has 0 aliphatic heterocycles. The van der Waals surface area contributed by atoms with Gasteiger partial charge >= 0.3 is 5.97 Å². The van der Waals surface area contributed by atoms with Gasteiger partial charge in [0.2, 0.25) is 11.8 Å². The van der Waals surface area contributed by atoms with Gasteiger partial charge < -0.3 is 29.7 Å². The molecule has 0 amide bonds. The number of aliphatic imine (C=N–C) groups is 2. The monoisotopic (exact) mass is 872 g/mol. The molecular formula is C39H37CoN6O10S2-. The molecule has 2 heterocycles. The molecule has 19 heteroatoms. The number of aryl methyl sites for hydroxylation is 1. The van der Waals surface area contributed by atoms with E-state index in [1.54, 1.807) is 37.3 Å². The molecule has 4 N–H and O–H groups in total. The third-order valence-corrected chi connectivity index (χ3v) is 9.72. The molecule has 0 aliphatic carbocycles. The maximum Gasteiger partial charge on any atom is 0.359 e. The number of esters is 1. The number of hydrogen-bond donors (Lipinski definition) is 4. The van der Waals surface area contributed by atoms with Crippen LogP contribution in [0, 0.1) is 0 Å². The van der Waals surface area contributed by atoms with E-state index in [0.29, 0.717) is 34.6 Å². The van der Waals surface area contributed by atoms with Crippen LogP contribution in [0.2, 0.25) is 0 Å². The quantitative estimate of drug-likeness (QED) is 0.0669. The summed E-state index contributed by atoms with van der Waals surface area (Å²) in [6.45, 7) is 3.65. The number of benzene rings is 4. The number of carbonyl (C=O) groups excluding carboxylic acids is 1. The first kappa shape index (κ1) is 44.6. The van der Waals surface area contributed by atoms with Crippen molar-refractivity contribution >= 4 is 50.7 Å². The van der Waals surface area contributed by atoms with Crippen molar-refractivity contribution in [3.63, 3.8) is 0 Å². The minimum Gasteiger partial charge on any atom is -0.772 e. The Hall–Kier alpha value is -6.12. The van der Waals surface area contributed by atoms with E-state index >= 15 is 0 Å². The van der Waals surface area contributed by atoms with Crippen molar-refractivity contribution in [2.24, 2.45) is 9.98 Å². The Morgan fingerprint density at radius 2 is 1.31 bits per heavy atom. The van der Waals surface area contributed by atoms with E-state index in [-0.39, 0.29) is 79.9 Å². The average molecular weight is 873 g/mol. The van der Waals surface area contributed by atoms with Gasteiger partial charge in [-0.3, -0.25) is 14.2 Å². The van der Waals surface area contributed by atoms with E-state index < -0.39 is 26.9 Å². The fourth-order valence-electron chi connectivity index (χ4n) is 5.25. The summed E-state index contributed by atoms with van der Waals surface area (Å²) in [7, 11) is -3.52. The molecule has 0 fully saturated rings. The molecule has 6 rings (SSSR count). The van der Waals surface area contributed by atoms with Gasteiger partial charge in [-0.2, -0.15) is 14.9 Å². The first-order valence-electron chi connectivity index (χ1n) is 17.1. The van der Waals surface area contributed by atoms with Gasteiger partial charge in [0.05, 0.1) is 39.7 Å². The summed E-state index contributed by atoms with van der Waals surface area (Å²) < 4.78 is 52.8. The number of carbonyl (C=O) groups is 1. The standard InChI is InChI=1S/C20H19N3O6S.C19H19N3O4S.Co/c1-3-29-20(26)18-15(19(25)23(22-18)13-7-5-4-6-8-13)12-21-16-11-14(30(2,27)28)9-10-17(16)24;1-2-16-15(19(24)22(21-16)14-6-4-3-5-7-14)11-20-17-10-13(12-27(25)26)8-9-18(17)23;/h4-12,24-25H,3H2,1-2H3;3-11,23-24H,2,12H2,1H3,(H,25,26);/p-1. The molecule has 6 aromatic rings. The summed E-state index contributed by atoms with van der Waals surface area (Å²) in [6, 6.07) is 25.9.